The molecule has 5 rings (SSSR count). The molecule has 2 aromatic carbocycles. The Balaban J connectivity index is 1.47. The molecule has 1 aromatic heterocycles. The molecule has 1 saturated carbocycles. The third kappa shape index (κ3) is 4.33. The number of ether oxygens (including phenoxy) is 1. The summed E-state index contributed by atoms with van der Waals surface area (Å²) in [5.41, 5.74) is 0.265. The predicted octanol–water partition coefficient (Wildman–Crippen LogP) is 6.96. The van der Waals surface area contributed by atoms with Crippen molar-refractivity contribution in [3.8, 4) is 0 Å². The summed E-state index contributed by atoms with van der Waals surface area (Å²) in [5, 5.41) is 17.6. The second-order valence-corrected chi connectivity index (χ2v) is 9.98. The van der Waals surface area contributed by atoms with Gasteiger partial charge in [0.05, 0.1) is 10.8 Å². The summed E-state index contributed by atoms with van der Waals surface area (Å²) < 4.78 is 11.3. The standard InChI is InChI=1S/C29H27ClN2O5/c1-18-24(31-27(35)36-19(2)22-10-6-7-11-23(22)30)25(37-32-18)28(29(16-17-29)26(33)34)14-12-21(13-15-28)20-8-4-3-5-9-20/h3-15,19,21H,16-17H2,1-2H3,(H,31,35)(H,33,34)/t19-,21?,28?/m1/s1. The summed E-state index contributed by atoms with van der Waals surface area (Å²) in [6, 6.07) is 17.1. The topological polar surface area (TPSA) is 102 Å². The lowest BCUT2D eigenvalue weighted by Crippen LogP contribution is -2.40. The molecule has 190 valence electrons. The van der Waals surface area contributed by atoms with Crippen LogP contribution in [0.1, 0.15) is 54.4 Å². The van der Waals surface area contributed by atoms with E-state index >= 15 is 0 Å². The molecule has 2 aliphatic rings. The molecule has 1 fully saturated rings. The SMILES string of the molecule is Cc1noc(C2(C3(C(=O)O)CC3)C=CC(c3ccccc3)C=C2)c1NC(=O)O[C@H](C)c1ccccc1Cl. The number of aryl methyl sites for hydroxylation is 1. The number of amides is 1. The number of carbonyl (C=O) groups excluding carboxylic acids is 1. The molecule has 2 aliphatic carbocycles. The summed E-state index contributed by atoms with van der Waals surface area (Å²) in [5.74, 6) is -0.665. The summed E-state index contributed by atoms with van der Waals surface area (Å²) in [6.45, 7) is 3.42. The summed E-state index contributed by atoms with van der Waals surface area (Å²) >= 11 is 6.25. The van der Waals surface area contributed by atoms with Gasteiger partial charge in [-0.15, -0.1) is 0 Å². The van der Waals surface area contributed by atoms with Crippen LogP contribution < -0.4 is 5.32 Å². The first-order valence-electron chi connectivity index (χ1n) is 12.1. The molecule has 0 spiro atoms. The zero-order valence-electron chi connectivity index (χ0n) is 20.5. The lowest BCUT2D eigenvalue weighted by Gasteiger charge is -2.35. The average molecular weight is 519 g/mol. The van der Waals surface area contributed by atoms with E-state index in [1.807, 2.05) is 60.7 Å². The molecule has 8 heteroatoms. The van der Waals surface area contributed by atoms with Crippen LogP contribution in [0.25, 0.3) is 0 Å². The summed E-state index contributed by atoms with van der Waals surface area (Å²) in [4.78, 5) is 25.5. The highest BCUT2D eigenvalue weighted by molar-refractivity contribution is 6.31. The van der Waals surface area contributed by atoms with Crippen LogP contribution >= 0.6 is 11.6 Å². The Morgan fingerprint density at radius 2 is 1.76 bits per heavy atom. The van der Waals surface area contributed by atoms with Gasteiger partial charge >= 0.3 is 12.1 Å². The normalized spacial score (nSPS) is 22.3. The molecule has 0 radical (unpaired) electrons. The summed E-state index contributed by atoms with van der Waals surface area (Å²) in [6.07, 6.45) is 7.35. The van der Waals surface area contributed by atoms with E-state index in [1.165, 1.54) is 0 Å². The number of nitrogens with one attached hydrogen (secondary N) is 1. The maximum Gasteiger partial charge on any atom is 0.412 e. The van der Waals surface area contributed by atoms with E-state index in [2.05, 4.69) is 10.5 Å². The fraction of sp³-hybridized carbons (Fsp3) is 0.276. The maximum atomic E-state index is 12.9. The third-order valence-corrected chi connectivity index (χ3v) is 7.71. The minimum Gasteiger partial charge on any atom is -0.481 e. The van der Waals surface area contributed by atoms with Crippen LogP contribution in [-0.2, 0) is 14.9 Å². The monoisotopic (exact) mass is 518 g/mol. The number of anilines is 1. The van der Waals surface area contributed by atoms with Gasteiger partial charge in [0.2, 0.25) is 0 Å². The zero-order valence-corrected chi connectivity index (χ0v) is 21.2. The van der Waals surface area contributed by atoms with E-state index in [9.17, 15) is 14.7 Å². The molecule has 1 heterocycles. The van der Waals surface area contributed by atoms with Crippen molar-refractivity contribution < 1.29 is 24.0 Å². The van der Waals surface area contributed by atoms with Crippen molar-refractivity contribution in [2.75, 3.05) is 5.32 Å². The van der Waals surface area contributed by atoms with Crippen molar-refractivity contribution in [1.29, 1.82) is 0 Å². The largest absolute Gasteiger partial charge is 0.481 e. The molecule has 0 unspecified atom stereocenters. The van der Waals surface area contributed by atoms with Crippen molar-refractivity contribution in [1.82, 2.24) is 5.16 Å². The molecule has 2 N–H and O–H groups in total. The van der Waals surface area contributed by atoms with Crippen molar-refractivity contribution in [2.45, 2.75) is 44.1 Å². The fourth-order valence-corrected chi connectivity index (χ4v) is 5.39. The van der Waals surface area contributed by atoms with E-state index in [4.69, 9.17) is 20.9 Å². The van der Waals surface area contributed by atoms with E-state index in [1.54, 1.807) is 32.0 Å². The van der Waals surface area contributed by atoms with Crippen molar-refractivity contribution >= 4 is 29.4 Å². The number of allylic oxidation sites excluding steroid dienone is 4. The number of aromatic nitrogens is 1. The Kier molecular flexibility index (Phi) is 6.42. The molecule has 3 aromatic rings. The number of hydrogen-bond donors (Lipinski definition) is 2. The van der Waals surface area contributed by atoms with Crippen molar-refractivity contribution in [3.63, 3.8) is 0 Å². The Labute approximate surface area is 219 Å². The Bertz CT molecular complexity index is 1380. The lowest BCUT2D eigenvalue weighted by molar-refractivity contribution is -0.145. The number of benzene rings is 2. The molecule has 37 heavy (non-hydrogen) atoms. The maximum absolute atomic E-state index is 12.9. The molecule has 0 aliphatic heterocycles. The Hall–Kier alpha value is -3.84. The summed E-state index contributed by atoms with van der Waals surface area (Å²) in [7, 11) is 0. The second kappa shape index (κ2) is 9.56. The van der Waals surface area contributed by atoms with E-state index < -0.39 is 29.0 Å². The quantitative estimate of drug-likeness (QED) is 0.328. The molecule has 1 amide bonds. The van der Waals surface area contributed by atoms with Gasteiger partial charge in [-0.25, -0.2) is 4.79 Å². The first kappa shape index (κ1) is 24.8. The average Bonchev–Trinajstić information content (AvgIpc) is 3.65. The van der Waals surface area contributed by atoms with Gasteiger partial charge in [-0.05, 0) is 38.3 Å². The second-order valence-electron chi connectivity index (χ2n) is 9.58. The number of rotatable bonds is 7. The van der Waals surface area contributed by atoms with E-state index in [0.717, 1.165) is 5.56 Å². The van der Waals surface area contributed by atoms with Crippen LogP contribution in [0.5, 0.6) is 0 Å². The number of carboxylic acids is 1. The van der Waals surface area contributed by atoms with Gasteiger partial charge in [-0.1, -0.05) is 89.6 Å². The van der Waals surface area contributed by atoms with Crippen LogP contribution in [0, 0.1) is 12.3 Å². The first-order valence-corrected chi connectivity index (χ1v) is 12.5. The molecule has 7 nitrogen and oxygen atoms in total. The zero-order chi connectivity index (χ0) is 26.2. The number of nitrogens with zero attached hydrogens (tertiary/aromatic N) is 1. The van der Waals surface area contributed by atoms with Gasteiger partial charge in [0, 0.05) is 16.5 Å². The van der Waals surface area contributed by atoms with Crippen LogP contribution in [-0.4, -0.2) is 22.3 Å². The van der Waals surface area contributed by atoms with Crippen molar-refractivity contribution in [3.05, 3.63) is 107 Å². The third-order valence-electron chi connectivity index (χ3n) is 7.36. The lowest BCUT2D eigenvalue weighted by atomic mass is 9.66. The first-order chi connectivity index (χ1) is 17.8. The highest BCUT2D eigenvalue weighted by atomic mass is 35.5. The van der Waals surface area contributed by atoms with Gasteiger partial charge in [-0.2, -0.15) is 0 Å². The van der Waals surface area contributed by atoms with Crippen molar-refractivity contribution in [2.24, 2.45) is 5.41 Å². The number of aliphatic carboxylic acids is 1. The molecule has 0 saturated heterocycles. The van der Waals surface area contributed by atoms with Crippen LogP contribution in [0.2, 0.25) is 5.02 Å². The van der Waals surface area contributed by atoms with Crippen LogP contribution in [0.4, 0.5) is 10.5 Å². The number of carbonyl (C=O) groups is 2. The smallest absolute Gasteiger partial charge is 0.412 e. The highest BCUT2D eigenvalue weighted by Gasteiger charge is 2.66. The van der Waals surface area contributed by atoms with E-state index in [0.29, 0.717) is 34.8 Å². The molecule has 1 atom stereocenters. The van der Waals surface area contributed by atoms with Gasteiger partial charge in [0.25, 0.3) is 0 Å². The number of carboxylic acid groups (broad SMARTS) is 1. The Morgan fingerprint density at radius 3 is 2.38 bits per heavy atom. The molecular weight excluding hydrogens is 492 g/mol. The minimum atomic E-state index is -1.12. The number of hydrogen-bond acceptors (Lipinski definition) is 5. The molecule has 0 bridgehead atoms. The van der Waals surface area contributed by atoms with Crippen LogP contribution in [0.15, 0.2) is 83.4 Å². The Morgan fingerprint density at radius 1 is 1.11 bits per heavy atom. The van der Waals surface area contributed by atoms with Crippen LogP contribution in [0.3, 0.4) is 0 Å². The minimum absolute atomic E-state index is 0.0132. The van der Waals surface area contributed by atoms with E-state index in [-0.39, 0.29) is 11.7 Å². The predicted molar refractivity (Wildman–Crippen MR) is 140 cm³/mol. The van der Waals surface area contributed by atoms with Gasteiger partial charge in [0.15, 0.2) is 5.76 Å². The molecular formula is C29H27ClN2O5. The highest BCUT2D eigenvalue weighted by Crippen LogP contribution is 2.63. The fourth-order valence-electron chi connectivity index (χ4n) is 5.10. The number of halogens is 1. The van der Waals surface area contributed by atoms with Gasteiger partial charge < -0.3 is 14.4 Å². The van der Waals surface area contributed by atoms with Gasteiger partial charge in [0.1, 0.15) is 17.5 Å². The van der Waals surface area contributed by atoms with Gasteiger partial charge in [-0.3, -0.25) is 10.1 Å².